The van der Waals surface area contributed by atoms with E-state index in [2.05, 4.69) is 4.98 Å². The first-order valence-corrected chi connectivity index (χ1v) is 6.50. The van der Waals surface area contributed by atoms with Crippen molar-refractivity contribution >= 4 is 34.0 Å². The highest BCUT2D eigenvalue weighted by molar-refractivity contribution is 6.31. The van der Waals surface area contributed by atoms with E-state index in [0.29, 0.717) is 16.1 Å². The van der Waals surface area contributed by atoms with Crippen LogP contribution in [0.4, 0.5) is 5.69 Å². The van der Waals surface area contributed by atoms with Crippen LogP contribution in [0, 0.1) is 10.1 Å². The van der Waals surface area contributed by atoms with Gasteiger partial charge in [0.1, 0.15) is 0 Å². The predicted molar refractivity (Wildman–Crippen MR) is 79.8 cm³/mol. The molecule has 0 saturated carbocycles. The minimum absolute atomic E-state index is 0.0442. The fourth-order valence-corrected chi connectivity index (χ4v) is 2.35. The Morgan fingerprint density at radius 1 is 1.14 bits per heavy atom. The molecule has 0 aliphatic heterocycles. The lowest BCUT2D eigenvalue weighted by Gasteiger charge is -2.00. The van der Waals surface area contributed by atoms with Gasteiger partial charge in [-0.3, -0.25) is 14.9 Å². The maximum absolute atomic E-state index is 12.5. The predicted octanol–water partition coefficient (Wildman–Crippen LogP) is 3.96. The quantitative estimate of drug-likeness (QED) is 0.452. The summed E-state index contributed by atoms with van der Waals surface area (Å²) in [5.74, 6) is -0.196. The molecule has 0 atom stereocenters. The highest BCUT2D eigenvalue weighted by Crippen LogP contribution is 2.24. The van der Waals surface area contributed by atoms with Gasteiger partial charge in [-0.15, -0.1) is 0 Å². The summed E-state index contributed by atoms with van der Waals surface area (Å²) >= 11 is 5.90. The first-order valence-electron chi connectivity index (χ1n) is 6.12. The summed E-state index contributed by atoms with van der Waals surface area (Å²) in [6, 6.07) is 10.8. The zero-order valence-electron chi connectivity index (χ0n) is 10.7. The largest absolute Gasteiger partial charge is 0.360 e. The van der Waals surface area contributed by atoms with Gasteiger partial charge in [-0.05, 0) is 24.3 Å². The summed E-state index contributed by atoms with van der Waals surface area (Å²) in [6.45, 7) is 0. The Morgan fingerprint density at radius 2 is 1.86 bits per heavy atom. The van der Waals surface area contributed by atoms with Crippen LogP contribution in [0.15, 0.2) is 48.7 Å². The fraction of sp³-hybridized carbons (Fsp3) is 0. The molecule has 21 heavy (non-hydrogen) atoms. The van der Waals surface area contributed by atoms with Crippen LogP contribution in [0.1, 0.15) is 15.9 Å². The van der Waals surface area contributed by atoms with Crippen molar-refractivity contribution < 1.29 is 9.72 Å². The molecule has 1 N–H and O–H groups in total. The molecular weight excluding hydrogens is 292 g/mol. The van der Waals surface area contributed by atoms with E-state index in [1.807, 2.05) is 0 Å². The molecule has 0 aliphatic carbocycles. The molecule has 3 rings (SSSR count). The highest BCUT2D eigenvalue weighted by Gasteiger charge is 2.15. The average molecular weight is 301 g/mol. The molecule has 0 radical (unpaired) electrons. The first-order chi connectivity index (χ1) is 10.1. The Morgan fingerprint density at radius 3 is 2.52 bits per heavy atom. The zero-order chi connectivity index (χ0) is 15.0. The minimum atomic E-state index is -0.498. The molecule has 2 aromatic carbocycles. The summed E-state index contributed by atoms with van der Waals surface area (Å²) in [4.78, 5) is 25.6. The highest BCUT2D eigenvalue weighted by atomic mass is 35.5. The molecule has 104 valence electrons. The molecule has 6 heteroatoms. The Kier molecular flexibility index (Phi) is 3.19. The molecule has 0 aliphatic rings. The third-order valence-electron chi connectivity index (χ3n) is 3.23. The van der Waals surface area contributed by atoms with Crippen LogP contribution in [-0.4, -0.2) is 15.7 Å². The third-order valence-corrected chi connectivity index (χ3v) is 3.46. The zero-order valence-corrected chi connectivity index (χ0v) is 11.4. The number of benzene rings is 2. The number of rotatable bonds is 3. The van der Waals surface area contributed by atoms with Gasteiger partial charge in [-0.1, -0.05) is 17.7 Å². The molecule has 0 bridgehead atoms. The Bertz CT molecular complexity index is 853. The fourth-order valence-electron chi connectivity index (χ4n) is 2.18. The number of carbonyl (C=O) groups excluding carboxylic acids is 1. The van der Waals surface area contributed by atoms with Crippen molar-refractivity contribution in [2.45, 2.75) is 0 Å². The van der Waals surface area contributed by atoms with E-state index in [1.165, 1.54) is 24.3 Å². The number of hydrogen-bond acceptors (Lipinski definition) is 3. The number of nitro groups is 1. The number of aromatic nitrogens is 1. The number of nitro benzene ring substituents is 1. The summed E-state index contributed by atoms with van der Waals surface area (Å²) in [5, 5.41) is 12.0. The van der Waals surface area contributed by atoms with Gasteiger partial charge >= 0.3 is 0 Å². The second kappa shape index (κ2) is 5.03. The number of fused-ring (bicyclic) bond motifs is 1. The Hall–Kier alpha value is -2.66. The molecular formula is C15H9ClN2O3. The standard InChI is InChI=1S/C15H9ClN2O3/c16-10-3-6-12-13(8-17-14(12)7-10)15(19)9-1-4-11(5-2-9)18(20)21/h1-8,17H. The summed E-state index contributed by atoms with van der Waals surface area (Å²) in [7, 11) is 0. The molecule has 3 aromatic rings. The van der Waals surface area contributed by atoms with Gasteiger partial charge < -0.3 is 4.98 Å². The average Bonchev–Trinajstić information content (AvgIpc) is 2.89. The van der Waals surface area contributed by atoms with E-state index in [-0.39, 0.29) is 11.5 Å². The second-order valence-electron chi connectivity index (χ2n) is 4.53. The summed E-state index contributed by atoms with van der Waals surface area (Å²) in [6.07, 6.45) is 1.62. The molecule has 0 unspecified atom stereocenters. The van der Waals surface area contributed by atoms with Crippen molar-refractivity contribution in [3.63, 3.8) is 0 Å². The molecule has 5 nitrogen and oxygen atoms in total. The monoisotopic (exact) mass is 300 g/mol. The summed E-state index contributed by atoms with van der Waals surface area (Å²) < 4.78 is 0. The van der Waals surface area contributed by atoms with Gasteiger partial charge in [-0.2, -0.15) is 0 Å². The van der Waals surface area contributed by atoms with Crippen LogP contribution < -0.4 is 0 Å². The lowest BCUT2D eigenvalue weighted by molar-refractivity contribution is -0.384. The molecule has 0 saturated heterocycles. The van der Waals surface area contributed by atoms with E-state index >= 15 is 0 Å². The van der Waals surface area contributed by atoms with Crippen LogP contribution in [0.5, 0.6) is 0 Å². The number of hydrogen-bond donors (Lipinski definition) is 1. The number of aromatic amines is 1. The number of nitrogens with zero attached hydrogens (tertiary/aromatic N) is 1. The number of nitrogens with one attached hydrogen (secondary N) is 1. The van der Waals surface area contributed by atoms with Gasteiger partial charge in [0.2, 0.25) is 0 Å². The SMILES string of the molecule is O=C(c1ccc([N+](=O)[O-])cc1)c1c[nH]c2cc(Cl)ccc12. The first kappa shape index (κ1) is 13.3. The van der Waals surface area contributed by atoms with Crippen LogP contribution in [-0.2, 0) is 0 Å². The molecule has 1 heterocycles. The third kappa shape index (κ3) is 2.39. The maximum Gasteiger partial charge on any atom is 0.269 e. The lowest BCUT2D eigenvalue weighted by Crippen LogP contribution is -2.00. The topological polar surface area (TPSA) is 76.0 Å². The normalized spacial score (nSPS) is 10.7. The van der Waals surface area contributed by atoms with Crippen LogP contribution in [0.3, 0.4) is 0 Å². The van der Waals surface area contributed by atoms with E-state index in [4.69, 9.17) is 11.6 Å². The van der Waals surface area contributed by atoms with Gasteiger partial charge in [-0.25, -0.2) is 0 Å². The molecule has 1 aromatic heterocycles. The van der Waals surface area contributed by atoms with Gasteiger partial charge in [0, 0.05) is 45.4 Å². The van der Waals surface area contributed by atoms with Crippen LogP contribution in [0.2, 0.25) is 5.02 Å². The van der Waals surface area contributed by atoms with Crippen molar-refractivity contribution in [1.82, 2.24) is 4.98 Å². The smallest absolute Gasteiger partial charge is 0.269 e. The lowest BCUT2D eigenvalue weighted by atomic mass is 10.0. The van der Waals surface area contributed by atoms with Gasteiger partial charge in [0.15, 0.2) is 5.78 Å². The van der Waals surface area contributed by atoms with Crippen molar-refractivity contribution in [3.8, 4) is 0 Å². The number of carbonyl (C=O) groups is 1. The van der Waals surface area contributed by atoms with E-state index < -0.39 is 4.92 Å². The molecule has 0 spiro atoms. The number of halogens is 1. The van der Waals surface area contributed by atoms with Crippen LogP contribution >= 0.6 is 11.6 Å². The van der Waals surface area contributed by atoms with E-state index in [9.17, 15) is 14.9 Å². The molecule has 0 fully saturated rings. The van der Waals surface area contributed by atoms with Crippen molar-refractivity contribution in [2.75, 3.05) is 0 Å². The Balaban J connectivity index is 2.02. The summed E-state index contributed by atoms with van der Waals surface area (Å²) in [5.41, 5.74) is 1.64. The number of H-pyrrole nitrogens is 1. The van der Waals surface area contributed by atoms with Crippen molar-refractivity contribution in [3.05, 3.63) is 74.9 Å². The van der Waals surface area contributed by atoms with Gasteiger partial charge in [0.05, 0.1) is 4.92 Å². The van der Waals surface area contributed by atoms with Crippen LogP contribution in [0.25, 0.3) is 10.9 Å². The number of non-ortho nitro benzene ring substituents is 1. The second-order valence-corrected chi connectivity index (χ2v) is 4.96. The van der Waals surface area contributed by atoms with E-state index in [0.717, 1.165) is 10.9 Å². The Labute approximate surface area is 124 Å². The van der Waals surface area contributed by atoms with Crippen molar-refractivity contribution in [1.29, 1.82) is 0 Å². The number of ketones is 1. The van der Waals surface area contributed by atoms with Gasteiger partial charge in [0.25, 0.3) is 5.69 Å². The van der Waals surface area contributed by atoms with E-state index in [1.54, 1.807) is 24.4 Å². The minimum Gasteiger partial charge on any atom is -0.360 e. The molecule has 0 amide bonds. The van der Waals surface area contributed by atoms with Crippen molar-refractivity contribution in [2.24, 2.45) is 0 Å². The maximum atomic E-state index is 12.5.